The van der Waals surface area contributed by atoms with Gasteiger partial charge < -0.3 is 0 Å². The Morgan fingerprint density at radius 1 is 1.48 bits per heavy atom. The van der Waals surface area contributed by atoms with Crippen LogP contribution in [0.3, 0.4) is 0 Å². The van der Waals surface area contributed by atoms with E-state index in [-0.39, 0.29) is 12.2 Å². The SMILES string of the molecule is CCC1Cc2cc(N3CC(CN[C](C)=[W])OC3=O)ccc2N1C. The molecule has 1 saturated heterocycles. The van der Waals surface area contributed by atoms with Gasteiger partial charge in [0.05, 0.1) is 0 Å². The van der Waals surface area contributed by atoms with Gasteiger partial charge in [0.25, 0.3) is 0 Å². The van der Waals surface area contributed by atoms with E-state index in [0.717, 1.165) is 18.5 Å². The molecular weight excluding hydrogens is 462 g/mol. The maximum atomic E-state index is 12.2. The Hall–Kier alpha value is -1.19. The number of carbonyl (C=O) groups is 1. The Morgan fingerprint density at radius 3 is 2.96 bits per heavy atom. The molecule has 5 nitrogen and oxygen atoms in total. The van der Waals surface area contributed by atoms with E-state index in [4.69, 9.17) is 4.74 Å². The van der Waals surface area contributed by atoms with Crippen molar-refractivity contribution in [1.82, 2.24) is 5.32 Å². The molecule has 0 radical (unpaired) electrons. The monoisotopic (exact) mass is 485 g/mol. The first kappa shape index (κ1) is 16.7. The summed E-state index contributed by atoms with van der Waals surface area (Å²) in [5.74, 6) is 0. The summed E-state index contributed by atoms with van der Waals surface area (Å²) < 4.78 is 6.69. The van der Waals surface area contributed by atoms with Crippen LogP contribution in [0, 0.1) is 0 Å². The van der Waals surface area contributed by atoms with Crippen LogP contribution in [0.25, 0.3) is 0 Å². The number of nitrogens with zero attached hydrogens (tertiary/aromatic N) is 2. The summed E-state index contributed by atoms with van der Waals surface area (Å²) in [4.78, 5) is 16.3. The number of hydrogen-bond acceptors (Lipinski definition) is 4. The van der Waals surface area contributed by atoms with Crippen molar-refractivity contribution in [3.05, 3.63) is 23.8 Å². The third-order valence-corrected chi connectivity index (χ3v) is 5.20. The van der Waals surface area contributed by atoms with E-state index in [9.17, 15) is 4.79 Å². The van der Waals surface area contributed by atoms with E-state index in [0.29, 0.717) is 19.1 Å². The van der Waals surface area contributed by atoms with Crippen molar-refractivity contribution in [2.45, 2.75) is 38.8 Å². The van der Waals surface area contributed by atoms with Crippen molar-refractivity contribution in [2.75, 3.05) is 29.9 Å². The minimum absolute atomic E-state index is 0.0869. The molecule has 124 valence electrons. The van der Waals surface area contributed by atoms with E-state index in [2.05, 4.69) is 36.3 Å². The molecule has 6 heteroatoms. The second-order valence-electron chi connectivity index (χ2n) is 6.24. The summed E-state index contributed by atoms with van der Waals surface area (Å²) in [7, 11) is 2.15. The minimum atomic E-state index is -0.240. The van der Waals surface area contributed by atoms with Crippen molar-refractivity contribution >= 4 is 21.5 Å². The van der Waals surface area contributed by atoms with Crippen molar-refractivity contribution < 1.29 is 28.9 Å². The van der Waals surface area contributed by atoms with Crippen molar-refractivity contribution in [3.8, 4) is 0 Å². The van der Waals surface area contributed by atoms with Crippen LogP contribution in [-0.2, 0) is 30.5 Å². The summed E-state index contributed by atoms with van der Waals surface area (Å²) in [6.07, 6.45) is 1.86. The first-order valence-corrected chi connectivity index (χ1v) is 9.54. The van der Waals surface area contributed by atoms with Gasteiger partial charge in [-0.25, -0.2) is 0 Å². The molecule has 23 heavy (non-hydrogen) atoms. The summed E-state index contributed by atoms with van der Waals surface area (Å²) in [5.41, 5.74) is 3.56. The van der Waals surface area contributed by atoms with E-state index < -0.39 is 0 Å². The summed E-state index contributed by atoms with van der Waals surface area (Å²) in [6, 6.07) is 6.88. The molecule has 1 fully saturated rings. The fraction of sp³-hybridized carbons (Fsp3) is 0.529. The average Bonchev–Trinajstić information content (AvgIpc) is 3.05. The van der Waals surface area contributed by atoms with Crippen LogP contribution < -0.4 is 15.1 Å². The summed E-state index contributed by atoms with van der Waals surface area (Å²) >= 11 is 1.41. The molecule has 2 heterocycles. The normalized spacial score (nSPS) is 23.2. The fourth-order valence-electron chi connectivity index (χ4n) is 3.35. The number of fused-ring (bicyclic) bond motifs is 1. The van der Waals surface area contributed by atoms with Gasteiger partial charge in [0.1, 0.15) is 0 Å². The second kappa shape index (κ2) is 6.74. The maximum absolute atomic E-state index is 12.2. The van der Waals surface area contributed by atoms with Gasteiger partial charge in [-0.1, -0.05) is 6.92 Å². The molecule has 0 spiro atoms. The average molecular weight is 485 g/mol. The Labute approximate surface area is 148 Å². The molecule has 1 aromatic carbocycles. The van der Waals surface area contributed by atoms with Gasteiger partial charge in [-0.05, 0) is 0 Å². The van der Waals surface area contributed by atoms with Crippen LogP contribution in [0.15, 0.2) is 18.2 Å². The van der Waals surface area contributed by atoms with Gasteiger partial charge in [-0.2, -0.15) is 0 Å². The second-order valence-corrected chi connectivity index (χ2v) is 8.44. The van der Waals surface area contributed by atoms with Crippen LogP contribution in [-0.4, -0.2) is 42.4 Å². The van der Waals surface area contributed by atoms with Crippen LogP contribution >= 0.6 is 0 Å². The number of carbonyl (C=O) groups excluding carboxylic acids is 1. The molecule has 1 N–H and O–H groups in total. The standard InChI is InChI=1S/C17H23N3O2.W/c1-4-13-8-12-9-14(6-7-16(12)19(13)3)20-11-15(10-18-5-2)22-17(20)21;/h6-7,9,13,15,18H,4,8,10-11H2,1-3H3;. The first-order chi connectivity index (χ1) is 11.0. The van der Waals surface area contributed by atoms with E-state index in [1.54, 1.807) is 4.90 Å². The Balaban J connectivity index is 1.73. The van der Waals surface area contributed by atoms with E-state index in [1.165, 1.54) is 34.6 Å². The number of likely N-dealkylation sites (N-methyl/N-ethyl adjacent to an activating group) is 1. The van der Waals surface area contributed by atoms with Crippen LogP contribution in [0.2, 0.25) is 0 Å². The number of nitrogens with one attached hydrogen (secondary N) is 1. The van der Waals surface area contributed by atoms with Crippen molar-refractivity contribution in [1.29, 1.82) is 0 Å². The molecular formula is C17H23N3O2W. The van der Waals surface area contributed by atoms with Gasteiger partial charge in [0.15, 0.2) is 0 Å². The predicted octanol–water partition coefficient (Wildman–Crippen LogP) is 2.07. The predicted molar refractivity (Wildman–Crippen MR) is 88.9 cm³/mol. The molecule has 2 unspecified atom stereocenters. The molecule has 0 bridgehead atoms. The number of ether oxygens (including phenoxy) is 1. The number of hydrogen-bond donors (Lipinski definition) is 1. The third kappa shape index (κ3) is 3.36. The molecule has 0 aliphatic carbocycles. The Bertz CT molecular complexity index is 634. The van der Waals surface area contributed by atoms with Crippen molar-refractivity contribution in [2.24, 2.45) is 0 Å². The van der Waals surface area contributed by atoms with Crippen LogP contribution in [0.5, 0.6) is 0 Å². The summed E-state index contributed by atoms with van der Waals surface area (Å²) in [6.45, 7) is 5.56. The molecule has 0 saturated carbocycles. The van der Waals surface area contributed by atoms with E-state index in [1.807, 2.05) is 13.0 Å². The van der Waals surface area contributed by atoms with Gasteiger partial charge in [-0.15, -0.1) is 0 Å². The molecule has 2 aliphatic rings. The first-order valence-electron chi connectivity index (χ1n) is 8.08. The van der Waals surface area contributed by atoms with E-state index >= 15 is 0 Å². The molecule has 1 aromatic rings. The molecule has 0 aromatic heterocycles. The zero-order valence-corrected chi connectivity index (χ0v) is 16.8. The molecule has 3 rings (SSSR count). The molecule has 1 amide bonds. The number of rotatable bonds is 5. The number of anilines is 2. The Kier molecular flexibility index (Phi) is 4.88. The fourth-order valence-corrected chi connectivity index (χ4v) is 3.65. The molecule has 2 aliphatic heterocycles. The van der Waals surface area contributed by atoms with Crippen LogP contribution in [0.1, 0.15) is 25.8 Å². The summed E-state index contributed by atoms with van der Waals surface area (Å²) in [5, 5.41) is 3.28. The number of cyclic esters (lactones) is 1. The topological polar surface area (TPSA) is 44.8 Å². The number of benzene rings is 1. The van der Waals surface area contributed by atoms with Gasteiger partial charge >= 0.3 is 141 Å². The Morgan fingerprint density at radius 2 is 2.26 bits per heavy atom. The third-order valence-electron chi connectivity index (χ3n) is 4.68. The quantitative estimate of drug-likeness (QED) is 0.694. The molecule has 2 atom stereocenters. The van der Waals surface area contributed by atoms with Gasteiger partial charge in [0, 0.05) is 0 Å². The van der Waals surface area contributed by atoms with Gasteiger partial charge in [0.2, 0.25) is 0 Å². The zero-order valence-electron chi connectivity index (χ0n) is 13.8. The van der Waals surface area contributed by atoms with Gasteiger partial charge in [-0.3, -0.25) is 0 Å². The van der Waals surface area contributed by atoms with Crippen molar-refractivity contribution in [3.63, 3.8) is 0 Å². The van der Waals surface area contributed by atoms with Crippen LogP contribution in [0.4, 0.5) is 16.2 Å². The zero-order chi connectivity index (χ0) is 16.6. The number of amides is 1.